The lowest BCUT2D eigenvalue weighted by atomic mass is 9.82. The minimum absolute atomic E-state index is 0.0209. The fraction of sp³-hybridized carbons (Fsp3) is 0.846. The first-order valence-electron chi connectivity index (χ1n) is 6.50. The van der Waals surface area contributed by atoms with Crippen molar-refractivity contribution in [1.29, 1.82) is 0 Å². The third-order valence-corrected chi connectivity index (χ3v) is 3.63. The fourth-order valence-corrected chi connectivity index (χ4v) is 2.88. The van der Waals surface area contributed by atoms with Crippen LogP contribution in [0.2, 0.25) is 0 Å². The van der Waals surface area contributed by atoms with Gasteiger partial charge in [0, 0.05) is 12.7 Å². The predicted molar refractivity (Wildman–Crippen MR) is 73.5 cm³/mol. The molecule has 0 saturated heterocycles. The molecule has 0 bridgehead atoms. The summed E-state index contributed by atoms with van der Waals surface area (Å²) in [6, 6.07) is -0.640. The monoisotopic (exact) mass is 273 g/mol. The molecule has 0 radical (unpaired) electrons. The summed E-state index contributed by atoms with van der Waals surface area (Å²) >= 11 is 4.07. The molecule has 1 aliphatic carbocycles. The average molecular weight is 273 g/mol. The van der Waals surface area contributed by atoms with Crippen molar-refractivity contribution in [2.45, 2.75) is 52.2 Å². The van der Waals surface area contributed by atoms with E-state index in [4.69, 9.17) is 4.74 Å². The summed E-state index contributed by atoms with van der Waals surface area (Å²) in [5.74, 6) is 0.822. The van der Waals surface area contributed by atoms with Crippen molar-refractivity contribution in [3.05, 3.63) is 0 Å². The van der Waals surface area contributed by atoms with Crippen molar-refractivity contribution in [2.75, 3.05) is 5.75 Å². The van der Waals surface area contributed by atoms with Gasteiger partial charge in [0.2, 0.25) is 5.91 Å². The number of carbonyl (C=O) groups is 2. The number of esters is 1. The maximum Gasteiger partial charge on any atom is 0.329 e. The molecule has 1 N–H and O–H groups in total. The first kappa shape index (κ1) is 15.3. The molecule has 1 fully saturated rings. The normalized spacial score (nSPS) is 29.4. The first-order chi connectivity index (χ1) is 8.42. The zero-order valence-corrected chi connectivity index (χ0v) is 12.2. The maximum absolute atomic E-state index is 11.9. The topological polar surface area (TPSA) is 55.4 Å². The van der Waals surface area contributed by atoms with Gasteiger partial charge in [0.15, 0.2) is 0 Å². The summed E-state index contributed by atoms with van der Waals surface area (Å²) in [5.41, 5.74) is 0. The van der Waals surface area contributed by atoms with Gasteiger partial charge >= 0.3 is 5.97 Å². The second kappa shape index (κ2) is 7.02. The second-order valence-electron chi connectivity index (χ2n) is 5.41. The summed E-state index contributed by atoms with van der Waals surface area (Å²) in [5, 5.41) is 2.55. The van der Waals surface area contributed by atoms with Crippen molar-refractivity contribution >= 4 is 24.5 Å². The molecule has 104 valence electrons. The lowest BCUT2D eigenvalue weighted by Crippen LogP contribution is -2.44. The van der Waals surface area contributed by atoms with Crippen LogP contribution in [0.15, 0.2) is 0 Å². The largest absolute Gasteiger partial charge is 0.461 e. The summed E-state index contributed by atoms with van der Waals surface area (Å²) in [7, 11) is 0. The molecule has 1 saturated carbocycles. The number of amides is 1. The van der Waals surface area contributed by atoms with Crippen molar-refractivity contribution in [1.82, 2.24) is 5.32 Å². The quantitative estimate of drug-likeness (QED) is 0.606. The molecule has 1 amide bonds. The highest BCUT2D eigenvalue weighted by molar-refractivity contribution is 7.80. The van der Waals surface area contributed by atoms with E-state index in [9.17, 15) is 9.59 Å². The number of thiol groups is 1. The first-order valence-corrected chi connectivity index (χ1v) is 7.14. The van der Waals surface area contributed by atoms with Crippen LogP contribution in [0.25, 0.3) is 0 Å². The van der Waals surface area contributed by atoms with Crippen LogP contribution in [0.3, 0.4) is 0 Å². The van der Waals surface area contributed by atoms with Crippen LogP contribution in [-0.2, 0) is 14.3 Å². The van der Waals surface area contributed by atoms with E-state index >= 15 is 0 Å². The summed E-state index contributed by atoms with van der Waals surface area (Å²) < 4.78 is 5.48. The van der Waals surface area contributed by atoms with E-state index in [1.165, 1.54) is 13.3 Å². The second-order valence-corrected chi connectivity index (χ2v) is 5.78. The molecule has 2 unspecified atom stereocenters. The van der Waals surface area contributed by atoms with Crippen LogP contribution in [0.1, 0.15) is 40.0 Å². The molecule has 0 aromatic heterocycles. The van der Waals surface area contributed by atoms with E-state index in [-0.39, 0.29) is 23.7 Å². The lowest BCUT2D eigenvalue weighted by Gasteiger charge is -2.31. The number of rotatable bonds is 4. The molecule has 5 heteroatoms. The minimum atomic E-state index is -0.640. The molecule has 1 aliphatic rings. The fourth-order valence-electron chi connectivity index (χ4n) is 2.64. The summed E-state index contributed by atoms with van der Waals surface area (Å²) in [4.78, 5) is 22.9. The number of nitrogens with one attached hydrogen (secondary N) is 1. The van der Waals surface area contributed by atoms with Gasteiger partial charge in [-0.25, -0.2) is 4.79 Å². The molecular formula is C13H23NO3S. The van der Waals surface area contributed by atoms with E-state index in [1.807, 2.05) is 0 Å². The number of hydrogen-bond donors (Lipinski definition) is 2. The summed E-state index contributed by atoms with van der Waals surface area (Å²) in [6.45, 7) is 5.75. The standard InChI is InChI=1S/C13H23NO3S/c1-8-4-9(2)6-11(5-8)17-13(16)12(7-18)14-10(3)15/h8-9,11-12,18H,4-7H2,1-3H3,(H,14,15)/t8?,9?,11?,12-/m0/s1. The smallest absolute Gasteiger partial charge is 0.329 e. The van der Waals surface area contributed by atoms with Gasteiger partial charge in [0.1, 0.15) is 12.1 Å². The summed E-state index contributed by atoms with van der Waals surface area (Å²) in [6.07, 6.45) is 2.99. The molecule has 0 heterocycles. The molecular weight excluding hydrogens is 250 g/mol. The Morgan fingerprint density at radius 1 is 1.28 bits per heavy atom. The Labute approximate surface area is 114 Å². The van der Waals surface area contributed by atoms with E-state index in [2.05, 4.69) is 31.8 Å². The van der Waals surface area contributed by atoms with Crippen LogP contribution in [0, 0.1) is 11.8 Å². The number of carbonyl (C=O) groups excluding carboxylic acids is 2. The van der Waals surface area contributed by atoms with Crippen molar-refractivity contribution in [2.24, 2.45) is 11.8 Å². The SMILES string of the molecule is CC(=O)N[C@@H](CS)C(=O)OC1CC(C)CC(C)C1. The van der Waals surface area contributed by atoms with Crippen LogP contribution >= 0.6 is 12.6 Å². The Kier molecular flexibility index (Phi) is 5.99. The molecule has 1 rings (SSSR count). The number of ether oxygens (including phenoxy) is 1. The zero-order chi connectivity index (χ0) is 13.7. The number of hydrogen-bond acceptors (Lipinski definition) is 4. The molecule has 0 aromatic rings. The minimum Gasteiger partial charge on any atom is -0.461 e. The van der Waals surface area contributed by atoms with Gasteiger partial charge in [0.05, 0.1) is 0 Å². The third kappa shape index (κ3) is 4.88. The van der Waals surface area contributed by atoms with Crippen LogP contribution in [-0.4, -0.2) is 29.8 Å². The van der Waals surface area contributed by atoms with Crippen molar-refractivity contribution in [3.63, 3.8) is 0 Å². The van der Waals surface area contributed by atoms with Crippen LogP contribution in [0.4, 0.5) is 0 Å². The third-order valence-electron chi connectivity index (χ3n) is 3.26. The van der Waals surface area contributed by atoms with E-state index in [0.29, 0.717) is 11.8 Å². The predicted octanol–water partition coefficient (Wildman–Crippen LogP) is 1.79. The molecule has 0 spiro atoms. The average Bonchev–Trinajstić information content (AvgIpc) is 2.23. The molecule has 4 nitrogen and oxygen atoms in total. The molecule has 18 heavy (non-hydrogen) atoms. The lowest BCUT2D eigenvalue weighted by molar-refractivity contribution is -0.155. The van der Waals surface area contributed by atoms with E-state index < -0.39 is 6.04 Å². The molecule has 0 aromatic carbocycles. The molecule has 3 atom stereocenters. The van der Waals surface area contributed by atoms with Crippen LogP contribution < -0.4 is 5.32 Å². The molecule has 0 aliphatic heterocycles. The Morgan fingerprint density at radius 3 is 2.28 bits per heavy atom. The van der Waals surface area contributed by atoms with Crippen molar-refractivity contribution < 1.29 is 14.3 Å². The van der Waals surface area contributed by atoms with Gasteiger partial charge in [-0.3, -0.25) is 4.79 Å². The van der Waals surface area contributed by atoms with Gasteiger partial charge in [-0.15, -0.1) is 0 Å². The highest BCUT2D eigenvalue weighted by Gasteiger charge is 2.29. The Bertz CT molecular complexity index is 299. The van der Waals surface area contributed by atoms with E-state index in [0.717, 1.165) is 12.8 Å². The van der Waals surface area contributed by atoms with Gasteiger partial charge in [-0.05, 0) is 31.1 Å². The Hall–Kier alpha value is -0.710. The van der Waals surface area contributed by atoms with E-state index in [1.54, 1.807) is 0 Å². The van der Waals surface area contributed by atoms with Gasteiger partial charge in [-0.2, -0.15) is 12.6 Å². The van der Waals surface area contributed by atoms with Gasteiger partial charge in [-0.1, -0.05) is 13.8 Å². The zero-order valence-electron chi connectivity index (χ0n) is 11.3. The Balaban J connectivity index is 2.49. The highest BCUT2D eigenvalue weighted by atomic mass is 32.1. The van der Waals surface area contributed by atoms with Crippen molar-refractivity contribution in [3.8, 4) is 0 Å². The Morgan fingerprint density at radius 2 is 1.83 bits per heavy atom. The highest BCUT2D eigenvalue weighted by Crippen LogP contribution is 2.30. The van der Waals surface area contributed by atoms with Gasteiger partial charge < -0.3 is 10.1 Å². The van der Waals surface area contributed by atoms with Gasteiger partial charge in [0.25, 0.3) is 0 Å². The van der Waals surface area contributed by atoms with Crippen LogP contribution in [0.5, 0.6) is 0 Å². The maximum atomic E-state index is 11.9.